The van der Waals surface area contributed by atoms with Crippen LogP contribution in [0.25, 0.3) is 0 Å². The van der Waals surface area contributed by atoms with Crippen LogP contribution in [0.1, 0.15) is 26.7 Å². The average Bonchev–Trinajstić information content (AvgIpc) is 2.21. The molecule has 0 amide bonds. The standard InChI is InChI=1S/C12H19NO2/c1-4-5-9(2)15-12-8-10(14-3)6-7-11(12)13/h6-9H,4-5,13H2,1-3H3. The van der Waals surface area contributed by atoms with Gasteiger partial charge in [-0.25, -0.2) is 0 Å². The molecule has 2 N–H and O–H groups in total. The fraction of sp³-hybridized carbons (Fsp3) is 0.500. The first-order valence-electron chi connectivity index (χ1n) is 5.27. The van der Waals surface area contributed by atoms with Gasteiger partial charge in [0.05, 0.1) is 18.9 Å². The van der Waals surface area contributed by atoms with Crippen LogP contribution in [0.15, 0.2) is 18.2 Å². The molecular formula is C12H19NO2. The Morgan fingerprint density at radius 2 is 2.13 bits per heavy atom. The van der Waals surface area contributed by atoms with Crippen LogP contribution in [0.2, 0.25) is 0 Å². The minimum Gasteiger partial charge on any atom is -0.497 e. The number of anilines is 1. The number of benzene rings is 1. The first-order valence-corrected chi connectivity index (χ1v) is 5.27. The molecule has 0 saturated heterocycles. The highest BCUT2D eigenvalue weighted by atomic mass is 16.5. The molecule has 0 radical (unpaired) electrons. The van der Waals surface area contributed by atoms with E-state index in [4.69, 9.17) is 15.2 Å². The third-order valence-electron chi connectivity index (χ3n) is 2.24. The Morgan fingerprint density at radius 1 is 1.40 bits per heavy atom. The first kappa shape index (κ1) is 11.7. The number of methoxy groups -OCH3 is 1. The van der Waals surface area contributed by atoms with Crippen molar-refractivity contribution in [2.45, 2.75) is 32.8 Å². The molecule has 0 fully saturated rings. The third-order valence-corrected chi connectivity index (χ3v) is 2.24. The molecule has 1 aromatic carbocycles. The van der Waals surface area contributed by atoms with Gasteiger partial charge in [-0.15, -0.1) is 0 Å². The van der Waals surface area contributed by atoms with E-state index in [1.54, 1.807) is 13.2 Å². The van der Waals surface area contributed by atoms with E-state index in [0.29, 0.717) is 11.4 Å². The van der Waals surface area contributed by atoms with Crippen molar-refractivity contribution in [2.75, 3.05) is 12.8 Å². The summed E-state index contributed by atoms with van der Waals surface area (Å²) in [6, 6.07) is 5.45. The molecule has 1 atom stereocenters. The van der Waals surface area contributed by atoms with E-state index in [0.717, 1.165) is 18.6 Å². The zero-order valence-corrected chi connectivity index (χ0v) is 9.62. The Hall–Kier alpha value is -1.38. The van der Waals surface area contributed by atoms with Crippen molar-refractivity contribution < 1.29 is 9.47 Å². The molecular weight excluding hydrogens is 190 g/mol. The lowest BCUT2D eigenvalue weighted by Crippen LogP contribution is -2.12. The van der Waals surface area contributed by atoms with Crippen molar-refractivity contribution in [3.05, 3.63) is 18.2 Å². The normalized spacial score (nSPS) is 12.2. The summed E-state index contributed by atoms with van der Waals surface area (Å²) in [4.78, 5) is 0. The minimum absolute atomic E-state index is 0.185. The molecule has 0 aliphatic rings. The Balaban J connectivity index is 2.74. The lowest BCUT2D eigenvalue weighted by Gasteiger charge is -2.16. The summed E-state index contributed by atoms with van der Waals surface area (Å²) in [5, 5.41) is 0. The summed E-state index contributed by atoms with van der Waals surface area (Å²) in [5.41, 5.74) is 6.46. The highest BCUT2D eigenvalue weighted by Gasteiger charge is 2.07. The molecule has 0 spiro atoms. The highest BCUT2D eigenvalue weighted by Crippen LogP contribution is 2.28. The zero-order chi connectivity index (χ0) is 11.3. The minimum atomic E-state index is 0.185. The van der Waals surface area contributed by atoms with E-state index in [-0.39, 0.29) is 6.10 Å². The molecule has 0 aliphatic carbocycles. The Bertz CT molecular complexity index is 312. The lowest BCUT2D eigenvalue weighted by molar-refractivity contribution is 0.210. The van der Waals surface area contributed by atoms with E-state index in [9.17, 15) is 0 Å². The number of hydrogen-bond acceptors (Lipinski definition) is 3. The Labute approximate surface area is 91.2 Å². The summed E-state index contributed by atoms with van der Waals surface area (Å²) in [6.45, 7) is 4.18. The summed E-state index contributed by atoms with van der Waals surface area (Å²) in [6.07, 6.45) is 2.31. The second-order valence-electron chi connectivity index (χ2n) is 3.62. The van der Waals surface area contributed by atoms with Crippen LogP contribution in [0.3, 0.4) is 0 Å². The van der Waals surface area contributed by atoms with Gasteiger partial charge in [-0.2, -0.15) is 0 Å². The van der Waals surface area contributed by atoms with Crippen molar-refractivity contribution in [2.24, 2.45) is 0 Å². The molecule has 1 unspecified atom stereocenters. The van der Waals surface area contributed by atoms with Gasteiger partial charge >= 0.3 is 0 Å². The van der Waals surface area contributed by atoms with Crippen LogP contribution in [-0.2, 0) is 0 Å². The molecule has 3 nitrogen and oxygen atoms in total. The second-order valence-corrected chi connectivity index (χ2v) is 3.62. The van der Waals surface area contributed by atoms with Crippen LogP contribution in [0.4, 0.5) is 5.69 Å². The maximum atomic E-state index is 5.81. The van der Waals surface area contributed by atoms with Gasteiger partial charge in [-0.3, -0.25) is 0 Å². The Kier molecular flexibility index (Phi) is 4.28. The van der Waals surface area contributed by atoms with Crippen molar-refractivity contribution in [1.82, 2.24) is 0 Å². The molecule has 3 heteroatoms. The van der Waals surface area contributed by atoms with E-state index < -0.39 is 0 Å². The van der Waals surface area contributed by atoms with Crippen LogP contribution in [0.5, 0.6) is 11.5 Å². The number of hydrogen-bond donors (Lipinski definition) is 1. The van der Waals surface area contributed by atoms with Crippen LogP contribution in [0, 0.1) is 0 Å². The highest BCUT2D eigenvalue weighted by molar-refractivity contribution is 5.55. The van der Waals surface area contributed by atoms with E-state index >= 15 is 0 Å². The van der Waals surface area contributed by atoms with Gasteiger partial charge in [0.1, 0.15) is 11.5 Å². The van der Waals surface area contributed by atoms with Gasteiger partial charge in [-0.1, -0.05) is 13.3 Å². The van der Waals surface area contributed by atoms with Gasteiger partial charge in [0.25, 0.3) is 0 Å². The number of rotatable bonds is 5. The van der Waals surface area contributed by atoms with Gasteiger partial charge in [0, 0.05) is 6.07 Å². The van der Waals surface area contributed by atoms with Crippen molar-refractivity contribution in [3.8, 4) is 11.5 Å². The van der Waals surface area contributed by atoms with E-state index in [1.165, 1.54) is 0 Å². The number of nitrogens with two attached hydrogens (primary N) is 1. The molecule has 84 valence electrons. The SMILES string of the molecule is CCCC(C)Oc1cc(OC)ccc1N. The lowest BCUT2D eigenvalue weighted by atomic mass is 10.2. The predicted molar refractivity (Wildman–Crippen MR) is 62.4 cm³/mol. The molecule has 1 aromatic rings. The molecule has 1 rings (SSSR count). The number of ether oxygens (including phenoxy) is 2. The quantitative estimate of drug-likeness (QED) is 0.758. The fourth-order valence-corrected chi connectivity index (χ4v) is 1.43. The topological polar surface area (TPSA) is 44.5 Å². The van der Waals surface area contributed by atoms with Crippen LogP contribution in [-0.4, -0.2) is 13.2 Å². The van der Waals surface area contributed by atoms with Crippen molar-refractivity contribution >= 4 is 5.69 Å². The Morgan fingerprint density at radius 3 is 2.73 bits per heavy atom. The second kappa shape index (κ2) is 5.49. The van der Waals surface area contributed by atoms with Crippen molar-refractivity contribution in [3.63, 3.8) is 0 Å². The average molecular weight is 209 g/mol. The van der Waals surface area contributed by atoms with E-state index in [2.05, 4.69) is 6.92 Å². The summed E-state index contributed by atoms with van der Waals surface area (Å²) < 4.78 is 10.8. The largest absolute Gasteiger partial charge is 0.497 e. The van der Waals surface area contributed by atoms with Crippen LogP contribution < -0.4 is 15.2 Å². The summed E-state index contributed by atoms with van der Waals surface area (Å²) >= 11 is 0. The smallest absolute Gasteiger partial charge is 0.146 e. The third kappa shape index (κ3) is 3.35. The van der Waals surface area contributed by atoms with Crippen LogP contribution >= 0.6 is 0 Å². The maximum absolute atomic E-state index is 5.81. The first-order chi connectivity index (χ1) is 7.17. The molecule has 0 saturated carbocycles. The molecule has 15 heavy (non-hydrogen) atoms. The number of nitrogen functional groups attached to an aromatic ring is 1. The predicted octanol–water partition coefficient (Wildman–Crippen LogP) is 2.84. The van der Waals surface area contributed by atoms with E-state index in [1.807, 2.05) is 19.1 Å². The van der Waals surface area contributed by atoms with Crippen molar-refractivity contribution in [1.29, 1.82) is 0 Å². The summed E-state index contributed by atoms with van der Waals surface area (Å²) in [7, 11) is 1.63. The molecule has 0 bridgehead atoms. The molecule has 0 heterocycles. The van der Waals surface area contributed by atoms with Gasteiger partial charge in [0.2, 0.25) is 0 Å². The summed E-state index contributed by atoms with van der Waals surface area (Å²) in [5.74, 6) is 1.47. The fourth-order valence-electron chi connectivity index (χ4n) is 1.43. The molecule has 0 aliphatic heterocycles. The molecule has 0 aromatic heterocycles. The van der Waals surface area contributed by atoms with Gasteiger partial charge in [0.15, 0.2) is 0 Å². The monoisotopic (exact) mass is 209 g/mol. The maximum Gasteiger partial charge on any atom is 0.146 e. The van der Waals surface area contributed by atoms with Gasteiger partial charge < -0.3 is 15.2 Å². The zero-order valence-electron chi connectivity index (χ0n) is 9.62. The van der Waals surface area contributed by atoms with Gasteiger partial charge in [-0.05, 0) is 25.5 Å².